The molecule has 1 atom stereocenters. The van der Waals surface area contributed by atoms with Crippen molar-refractivity contribution in [3.63, 3.8) is 0 Å². The van der Waals surface area contributed by atoms with Crippen molar-refractivity contribution in [3.05, 3.63) is 54.0 Å². The highest BCUT2D eigenvalue weighted by atomic mass is 16.5. The normalized spacial score (nSPS) is 16.6. The van der Waals surface area contributed by atoms with Gasteiger partial charge in [-0.3, -0.25) is 9.78 Å². The Kier molecular flexibility index (Phi) is 6.31. The summed E-state index contributed by atoms with van der Waals surface area (Å²) in [6.45, 7) is 7.41. The average molecular weight is 422 g/mol. The third-order valence-electron chi connectivity index (χ3n) is 5.15. The molecule has 0 radical (unpaired) electrons. The van der Waals surface area contributed by atoms with E-state index >= 15 is 0 Å². The zero-order valence-corrected chi connectivity index (χ0v) is 18.0. The molecule has 0 spiro atoms. The number of aryl methyl sites for hydroxylation is 2. The van der Waals surface area contributed by atoms with Gasteiger partial charge < -0.3 is 14.1 Å². The van der Waals surface area contributed by atoms with Crippen molar-refractivity contribution < 1.29 is 13.9 Å². The second-order valence-corrected chi connectivity index (χ2v) is 7.94. The molecule has 0 N–H and O–H groups in total. The van der Waals surface area contributed by atoms with Crippen LogP contribution in [0.2, 0.25) is 0 Å². The maximum atomic E-state index is 12.8. The van der Waals surface area contributed by atoms with Gasteiger partial charge in [-0.05, 0) is 24.6 Å². The Morgan fingerprint density at radius 1 is 1.19 bits per heavy atom. The molecule has 1 aliphatic rings. The molecule has 31 heavy (non-hydrogen) atoms. The lowest BCUT2D eigenvalue weighted by Gasteiger charge is -2.33. The summed E-state index contributed by atoms with van der Waals surface area (Å²) in [4.78, 5) is 27.4. The Balaban J connectivity index is 1.42. The predicted octanol–water partition coefficient (Wildman–Crippen LogP) is 2.89. The molecule has 4 rings (SSSR count). The van der Waals surface area contributed by atoms with Crippen LogP contribution in [0, 0.1) is 6.92 Å². The van der Waals surface area contributed by atoms with E-state index in [0.29, 0.717) is 44.3 Å². The zero-order valence-electron chi connectivity index (χ0n) is 18.0. The van der Waals surface area contributed by atoms with E-state index in [1.165, 1.54) is 6.33 Å². The van der Waals surface area contributed by atoms with Gasteiger partial charge in [-0.1, -0.05) is 13.8 Å². The number of carbonyl (C=O) groups is 1. The number of aromatic nitrogens is 5. The summed E-state index contributed by atoms with van der Waals surface area (Å²) in [6, 6.07) is 3.97. The second-order valence-electron chi connectivity index (χ2n) is 7.94. The summed E-state index contributed by atoms with van der Waals surface area (Å²) < 4.78 is 11.6. The monoisotopic (exact) mass is 422 g/mol. The van der Waals surface area contributed by atoms with Crippen LogP contribution in [0.15, 0.2) is 35.3 Å². The molecule has 3 aromatic rings. The molecule has 9 nitrogen and oxygen atoms in total. The van der Waals surface area contributed by atoms with Gasteiger partial charge in [0.05, 0.1) is 18.8 Å². The Hall–Kier alpha value is -3.20. The Bertz CT molecular complexity index is 1040. The van der Waals surface area contributed by atoms with Gasteiger partial charge in [0.1, 0.15) is 12.4 Å². The quantitative estimate of drug-likeness (QED) is 0.597. The molecule has 0 bridgehead atoms. The summed E-state index contributed by atoms with van der Waals surface area (Å²) in [7, 11) is 0. The minimum atomic E-state index is -0.281. The topological polar surface area (TPSA) is 107 Å². The van der Waals surface area contributed by atoms with Crippen LogP contribution < -0.4 is 0 Å². The van der Waals surface area contributed by atoms with Crippen molar-refractivity contribution in [1.29, 1.82) is 0 Å². The van der Waals surface area contributed by atoms with E-state index < -0.39 is 0 Å². The molecular weight excluding hydrogens is 396 g/mol. The maximum absolute atomic E-state index is 12.8. The first-order valence-electron chi connectivity index (χ1n) is 10.4. The second kappa shape index (κ2) is 9.30. The standard InChI is InChI=1S/C22H26N6O3/c1-14(2)22-27-26-20(31-22)4-5-21(29)28-6-7-30-19(12-28)18-9-16(8-15(3)25-18)17-10-23-13-24-11-17/h8-11,13-14,19H,4-7,12H2,1-3H3/t19-/m1/s1. The number of amides is 1. The summed E-state index contributed by atoms with van der Waals surface area (Å²) in [5, 5.41) is 8.05. The van der Waals surface area contributed by atoms with Crippen molar-refractivity contribution in [2.24, 2.45) is 0 Å². The van der Waals surface area contributed by atoms with Crippen LogP contribution in [-0.2, 0) is 16.0 Å². The van der Waals surface area contributed by atoms with Gasteiger partial charge in [-0.2, -0.15) is 0 Å². The van der Waals surface area contributed by atoms with Crippen molar-refractivity contribution in [2.45, 2.75) is 45.6 Å². The number of nitrogens with zero attached hydrogens (tertiary/aromatic N) is 6. The number of rotatable bonds is 6. The van der Waals surface area contributed by atoms with E-state index in [9.17, 15) is 4.79 Å². The first kappa shape index (κ1) is 21.0. The number of pyridine rings is 1. The summed E-state index contributed by atoms with van der Waals surface area (Å²) in [5.74, 6) is 1.31. The molecule has 1 saturated heterocycles. The fraction of sp³-hybridized carbons (Fsp3) is 0.455. The summed E-state index contributed by atoms with van der Waals surface area (Å²) >= 11 is 0. The number of carbonyl (C=O) groups excluding carboxylic acids is 1. The van der Waals surface area contributed by atoms with Gasteiger partial charge in [-0.15, -0.1) is 10.2 Å². The minimum Gasteiger partial charge on any atom is -0.425 e. The molecule has 1 fully saturated rings. The highest BCUT2D eigenvalue weighted by Crippen LogP contribution is 2.26. The van der Waals surface area contributed by atoms with Gasteiger partial charge in [-0.25, -0.2) is 9.97 Å². The van der Waals surface area contributed by atoms with Crippen LogP contribution >= 0.6 is 0 Å². The van der Waals surface area contributed by atoms with Crippen LogP contribution in [0.5, 0.6) is 0 Å². The molecular formula is C22H26N6O3. The van der Waals surface area contributed by atoms with Crippen molar-refractivity contribution in [2.75, 3.05) is 19.7 Å². The van der Waals surface area contributed by atoms with Gasteiger partial charge >= 0.3 is 0 Å². The molecule has 0 unspecified atom stereocenters. The van der Waals surface area contributed by atoms with Crippen molar-refractivity contribution in [3.8, 4) is 11.1 Å². The smallest absolute Gasteiger partial charge is 0.223 e. The van der Waals surface area contributed by atoms with Gasteiger partial charge in [0.15, 0.2) is 0 Å². The van der Waals surface area contributed by atoms with E-state index in [0.717, 1.165) is 22.5 Å². The van der Waals surface area contributed by atoms with Gasteiger partial charge in [0.25, 0.3) is 0 Å². The maximum Gasteiger partial charge on any atom is 0.223 e. The van der Waals surface area contributed by atoms with E-state index in [4.69, 9.17) is 9.15 Å². The van der Waals surface area contributed by atoms with Gasteiger partial charge in [0, 0.05) is 49.0 Å². The Morgan fingerprint density at radius 2 is 2.00 bits per heavy atom. The fourth-order valence-electron chi connectivity index (χ4n) is 3.50. The highest BCUT2D eigenvalue weighted by molar-refractivity contribution is 5.76. The average Bonchev–Trinajstić information content (AvgIpc) is 3.27. The first-order chi connectivity index (χ1) is 15.0. The lowest BCUT2D eigenvalue weighted by Crippen LogP contribution is -2.42. The van der Waals surface area contributed by atoms with E-state index in [1.54, 1.807) is 12.4 Å². The molecule has 0 aliphatic carbocycles. The SMILES string of the molecule is Cc1cc(-c2cncnc2)cc([C@H]2CN(C(=O)CCc3nnc(C(C)C)o3)CCO2)n1. The van der Waals surface area contributed by atoms with Crippen LogP contribution in [0.4, 0.5) is 0 Å². The lowest BCUT2D eigenvalue weighted by atomic mass is 10.1. The molecule has 162 valence electrons. The molecule has 1 aliphatic heterocycles. The molecule has 0 saturated carbocycles. The fourth-order valence-corrected chi connectivity index (χ4v) is 3.50. The van der Waals surface area contributed by atoms with E-state index in [1.807, 2.05) is 37.8 Å². The van der Waals surface area contributed by atoms with Crippen LogP contribution in [0.25, 0.3) is 11.1 Å². The summed E-state index contributed by atoms with van der Waals surface area (Å²) in [6.07, 6.45) is 5.51. The van der Waals surface area contributed by atoms with E-state index in [-0.39, 0.29) is 17.9 Å². The number of morpholine rings is 1. The number of ether oxygens (including phenoxy) is 1. The van der Waals surface area contributed by atoms with Crippen LogP contribution in [-0.4, -0.2) is 55.7 Å². The van der Waals surface area contributed by atoms with Crippen molar-refractivity contribution >= 4 is 5.91 Å². The first-order valence-corrected chi connectivity index (χ1v) is 10.4. The Morgan fingerprint density at radius 3 is 2.74 bits per heavy atom. The largest absolute Gasteiger partial charge is 0.425 e. The molecule has 0 aromatic carbocycles. The summed E-state index contributed by atoms with van der Waals surface area (Å²) in [5.41, 5.74) is 3.57. The highest BCUT2D eigenvalue weighted by Gasteiger charge is 2.27. The molecule has 1 amide bonds. The van der Waals surface area contributed by atoms with Crippen LogP contribution in [0.3, 0.4) is 0 Å². The number of hydrogen-bond acceptors (Lipinski definition) is 8. The minimum absolute atomic E-state index is 0.0435. The molecule has 9 heteroatoms. The zero-order chi connectivity index (χ0) is 21.8. The third-order valence-corrected chi connectivity index (χ3v) is 5.15. The lowest BCUT2D eigenvalue weighted by molar-refractivity contribution is -0.139. The van der Waals surface area contributed by atoms with Gasteiger partial charge in [0.2, 0.25) is 17.7 Å². The van der Waals surface area contributed by atoms with Crippen molar-refractivity contribution in [1.82, 2.24) is 30.0 Å². The Labute approximate surface area is 180 Å². The van der Waals surface area contributed by atoms with E-state index in [2.05, 4.69) is 25.1 Å². The third kappa shape index (κ3) is 5.11. The molecule has 3 aromatic heterocycles. The molecule has 4 heterocycles. The van der Waals surface area contributed by atoms with Crippen LogP contribution in [0.1, 0.15) is 55.5 Å². The predicted molar refractivity (Wildman–Crippen MR) is 112 cm³/mol. The number of hydrogen-bond donors (Lipinski definition) is 0.